The summed E-state index contributed by atoms with van der Waals surface area (Å²) in [6.45, 7) is 4.76. The van der Waals surface area contributed by atoms with Gasteiger partial charge in [0, 0.05) is 26.6 Å². The number of rotatable bonds is 5. The van der Waals surface area contributed by atoms with Crippen LogP contribution in [0.4, 0.5) is 0 Å². The highest BCUT2D eigenvalue weighted by Crippen LogP contribution is 2.17. The zero-order chi connectivity index (χ0) is 16.8. The summed E-state index contributed by atoms with van der Waals surface area (Å²) >= 11 is 1.74. The molecule has 6 nitrogen and oxygen atoms in total. The van der Waals surface area contributed by atoms with Crippen molar-refractivity contribution in [3.8, 4) is 0 Å². The molecule has 3 heterocycles. The second kappa shape index (κ2) is 10.1. The smallest absolute Gasteiger partial charge is 0.191 e. The van der Waals surface area contributed by atoms with Crippen LogP contribution in [0.15, 0.2) is 21.8 Å². The molecule has 0 radical (unpaired) electrons. The third-order valence-corrected chi connectivity index (χ3v) is 5.21. The second-order valence-electron chi connectivity index (χ2n) is 6.26. The van der Waals surface area contributed by atoms with E-state index in [1.54, 1.807) is 18.4 Å². The summed E-state index contributed by atoms with van der Waals surface area (Å²) in [6, 6.07) is 2.18. The number of aliphatic imine (C=N–C) groups is 1. The summed E-state index contributed by atoms with van der Waals surface area (Å²) in [7, 11) is 1.80. The van der Waals surface area contributed by atoms with E-state index < -0.39 is 0 Å². The summed E-state index contributed by atoms with van der Waals surface area (Å²) in [5, 5.41) is 19.8. The van der Waals surface area contributed by atoms with Crippen LogP contribution in [0.5, 0.6) is 0 Å². The molecule has 0 saturated heterocycles. The fraction of sp³-hybridized carbons (Fsp3) is 0.588. The number of nitrogens with zero attached hydrogens (tertiary/aromatic N) is 4. The number of nitrogens with one attached hydrogen (secondary N) is 2. The van der Waals surface area contributed by atoms with Gasteiger partial charge in [0.2, 0.25) is 0 Å². The van der Waals surface area contributed by atoms with E-state index in [0.29, 0.717) is 12.5 Å². The summed E-state index contributed by atoms with van der Waals surface area (Å²) < 4.78 is 2.27. The molecule has 2 aromatic heterocycles. The first-order valence-corrected chi connectivity index (χ1v) is 9.59. The third kappa shape index (κ3) is 5.40. The van der Waals surface area contributed by atoms with Gasteiger partial charge in [0.15, 0.2) is 11.8 Å². The van der Waals surface area contributed by atoms with Gasteiger partial charge in [0.25, 0.3) is 0 Å². The molecular weight excluding hydrogens is 447 g/mol. The van der Waals surface area contributed by atoms with E-state index in [1.807, 2.05) is 0 Å². The lowest BCUT2D eigenvalue weighted by atomic mass is 10.1. The molecule has 2 N–H and O–H groups in total. The monoisotopic (exact) mass is 474 g/mol. The van der Waals surface area contributed by atoms with Crippen LogP contribution >= 0.6 is 35.3 Å². The Hall–Kier alpha value is -1.16. The van der Waals surface area contributed by atoms with E-state index in [-0.39, 0.29) is 24.0 Å². The van der Waals surface area contributed by atoms with Gasteiger partial charge < -0.3 is 15.2 Å². The van der Waals surface area contributed by atoms with Crippen LogP contribution in [0.1, 0.15) is 49.3 Å². The van der Waals surface area contributed by atoms with Crippen molar-refractivity contribution in [3.63, 3.8) is 0 Å². The van der Waals surface area contributed by atoms with E-state index in [4.69, 9.17) is 0 Å². The van der Waals surface area contributed by atoms with Gasteiger partial charge >= 0.3 is 0 Å². The van der Waals surface area contributed by atoms with Gasteiger partial charge in [-0.2, -0.15) is 11.3 Å². The number of aromatic nitrogens is 3. The molecule has 1 atom stereocenters. The van der Waals surface area contributed by atoms with Gasteiger partial charge in [0.1, 0.15) is 5.82 Å². The Bertz CT molecular complexity index is 667. The van der Waals surface area contributed by atoms with Gasteiger partial charge in [-0.3, -0.25) is 4.99 Å². The van der Waals surface area contributed by atoms with Gasteiger partial charge in [-0.1, -0.05) is 13.3 Å². The van der Waals surface area contributed by atoms with Crippen LogP contribution in [0, 0.1) is 0 Å². The molecule has 1 unspecified atom stereocenters. The van der Waals surface area contributed by atoms with Crippen molar-refractivity contribution in [3.05, 3.63) is 34.0 Å². The Labute approximate surface area is 170 Å². The standard InChI is InChI=1S/C17H26N6S.HI/c1-13(14-7-9-24-12-14)10-19-17(18-2)20-11-16-22-21-15-6-4-3-5-8-23(15)16;/h7,9,12-13H,3-6,8,10-11H2,1-2H3,(H2,18,19,20);1H. The molecule has 0 fully saturated rings. The van der Waals surface area contributed by atoms with Crippen molar-refractivity contribution in [2.45, 2.75) is 51.6 Å². The Kier molecular flexibility index (Phi) is 8.14. The number of hydrogen-bond acceptors (Lipinski definition) is 4. The Morgan fingerprint density at radius 2 is 2.20 bits per heavy atom. The number of halogens is 1. The van der Waals surface area contributed by atoms with Gasteiger partial charge in [0.05, 0.1) is 6.54 Å². The summed E-state index contributed by atoms with van der Waals surface area (Å²) in [5.74, 6) is 3.39. The first-order chi connectivity index (χ1) is 11.8. The van der Waals surface area contributed by atoms with Crippen molar-refractivity contribution >= 4 is 41.3 Å². The molecule has 3 rings (SSSR count). The SMILES string of the molecule is CN=C(NCc1nnc2n1CCCCC2)NCC(C)c1ccsc1.I. The molecule has 0 bridgehead atoms. The molecule has 0 amide bonds. The number of guanidine groups is 1. The van der Waals surface area contributed by atoms with Gasteiger partial charge in [-0.25, -0.2) is 0 Å². The molecule has 0 spiro atoms. The lowest BCUT2D eigenvalue weighted by Crippen LogP contribution is -2.39. The molecular formula is C17H27IN6S. The predicted octanol–water partition coefficient (Wildman–Crippen LogP) is 3.15. The molecule has 138 valence electrons. The molecule has 1 aliphatic rings. The molecule has 25 heavy (non-hydrogen) atoms. The second-order valence-corrected chi connectivity index (χ2v) is 7.04. The largest absolute Gasteiger partial charge is 0.356 e. The van der Waals surface area contributed by atoms with E-state index in [2.05, 4.69) is 54.1 Å². The topological polar surface area (TPSA) is 67.1 Å². The van der Waals surface area contributed by atoms with Crippen molar-refractivity contribution in [2.75, 3.05) is 13.6 Å². The Morgan fingerprint density at radius 1 is 1.32 bits per heavy atom. The maximum absolute atomic E-state index is 4.35. The first kappa shape index (κ1) is 20.2. The highest BCUT2D eigenvalue weighted by atomic mass is 127. The molecule has 2 aromatic rings. The average Bonchev–Trinajstić information content (AvgIpc) is 3.20. The highest BCUT2D eigenvalue weighted by molar-refractivity contribution is 14.0. The van der Waals surface area contributed by atoms with E-state index >= 15 is 0 Å². The van der Waals surface area contributed by atoms with E-state index in [1.165, 1.54) is 24.8 Å². The Balaban J connectivity index is 0.00000225. The molecule has 0 saturated carbocycles. The zero-order valence-corrected chi connectivity index (χ0v) is 18.0. The lowest BCUT2D eigenvalue weighted by molar-refractivity contribution is 0.595. The van der Waals surface area contributed by atoms with Crippen molar-refractivity contribution in [1.29, 1.82) is 0 Å². The maximum Gasteiger partial charge on any atom is 0.191 e. The van der Waals surface area contributed by atoms with Crippen molar-refractivity contribution in [1.82, 2.24) is 25.4 Å². The van der Waals surface area contributed by atoms with Crippen LogP contribution in [0.25, 0.3) is 0 Å². The minimum Gasteiger partial charge on any atom is -0.356 e. The molecule has 0 aliphatic carbocycles. The van der Waals surface area contributed by atoms with Crippen molar-refractivity contribution < 1.29 is 0 Å². The van der Waals surface area contributed by atoms with Crippen LogP contribution in [0.2, 0.25) is 0 Å². The van der Waals surface area contributed by atoms with Crippen LogP contribution in [-0.4, -0.2) is 34.3 Å². The molecule has 8 heteroatoms. The van der Waals surface area contributed by atoms with E-state index in [9.17, 15) is 0 Å². The first-order valence-electron chi connectivity index (χ1n) is 8.65. The van der Waals surface area contributed by atoms with Crippen LogP contribution < -0.4 is 10.6 Å². The molecule has 0 aromatic carbocycles. The normalized spacial score (nSPS) is 15.7. The quantitative estimate of drug-likeness (QED) is 0.397. The summed E-state index contributed by atoms with van der Waals surface area (Å²) in [5.41, 5.74) is 1.37. The predicted molar refractivity (Wildman–Crippen MR) is 114 cm³/mol. The maximum atomic E-state index is 4.35. The fourth-order valence-electron chi connectivity index (χ4n) is 2.98. The Morgan fingerprint density at radius 3 is 2.96 bits per heavy atom. The third-order valence-electron chi connectivity index (χ3n) is 4.51. The van der Waals surface area contributed by atoms with Gasteiger partial charge in [-0.05, 0) is 41.1 Å². The minimum absolute atomic E-state index is 0. The van der Waals surface area contributed by atoms with Crippen molar-refractivity contribution in [2.24, 2.45) is 4.99 Å². The van der Waals surface area contributed by atoms with Crippen LogP contribution in [0.3, 0.4) is 0 Å². The zero-order valence-electron chi connectivity index (χ0n) is 14.9. The average molecular weight is 474 g/mol. The lowest BCUT2D eigenvalue weighted by Gasteiger charge is -2.15. The number of fused-ring (bicyclic) bond motifs is 1. The van der Waals surface area contributed by atoms with Crippen LogP contribution in [-0.2, 0) is 19.5 Å². The summed E-state index contributed by atoms with van der Waals surface area (Å²) in [6.07, 6.45) is 4.75. The number of hydrogen-bond donors (Lipinski definition) is 2. The van der Waals surface area contributed by atoms with E-state index in [0.717, 1.165) is 37.1 Å². The van der Waals surface area contributed by atoms with Gasteiger partial charge in [-0.15, -0.1) is 34.2 Å². The minimum atomic E-state index is 0. The number of thiophene rings is 1. The number of aryl methyl sites for hydroxylation is 1. The summed E-state index contributed by atoms with van der Waals surface area (Å²) in [4.78, 5) is 4.31. The molecule has 1 aliphatic heterocycles. The highest BCUT2D eigenvalue weighted by Gasteiger charge is 2.15. The fourth-order valence-corrected chi connectivity index (χ4v) is 3.76.